The third kappa shape index (κ3) is 2.67. The van der Waals surface area contributed by atoms with Crippen LogP contribution in [-0.4, -0.2) is 11.7 Å². The maximum atomic E-state index is 12.5. The van der Waals surface area contributed by atoms with E-state index in [1.165, 1.54) is 6.07 Å². The number of aryl methyl sites for hydroxylation is 1. The number of alkyl halides is 3. The van der Waals surface area contributed by atoms with E-state index in [1.54, 1.807) is 20.8 Å². The first-order valence-corrected chi connectivity index (χ1v) is 5.73. The van der Waals surface area contributed by atoms with E-state index < -0.39 is 17.3 Å². The Kier molecular flexibility index (Phi) is 4.08. The predicted octanol–water partition coefficient (Wildman–Crippen LogP) is 2.82. The largest absolute Gasteiger partial charge is 0.416 e. The molecule has 0 aliphatic carbocycles. The molecule has 0 spiro atoms. The Labute approximate surface area is 105 Å². The summed E-state index contributed by atoms with van der Waals surface area (Å²) < 4.78 is 37.6. The number of nitrogens with two attached hydrogens (primary N) is 1. The quantitative estimate of drug-likeness (QED) is 0.878. The Hall–Kier alpha value is -1.07. The van der Waals surface area contributed by atoms with Crippen LogP contribution in [0.2, 0.25) is 0 Å². The molecule has 1 aromatic carbocycles. The van der Waals surface area contributed by atoms with Crippen LogP contribution < -0.4 is 5.73 Å². The molecule has 3 N–H and O–H groups in total. The summed E-state index contributed by atoms with van der Waals surface area (Å²) in [5.74, 6) is -0.182. The highest BCUT2D eigenvalue weighted by Gasteiger charge is 2.35. The van der Waals surface area contributed by atoms with Gasteiger partial charge >= 0.3 is 6.18 Å². The van der Waals surface area contributed by atoms with Gasteiger partial charge in [0.25, 0.3) is 0 Å². The van der Waals surface area contributed by atoms with Crippen molar-refractivity contribution < 1.29 is 18.3 Å². The van der Waals surface area contributed by atoms with Crippen LogP contribution in [0, 0.1) is 12.8 Å². The van der Waals surface area contributed by atoms with Crippen molar-refractivity contribution in [1.82, 2.24) is 0 Å². The molecule has 0 saturated heterocycles. The lowest BCUT2D eigenvalue weighted by Crippen LogP contribution is -2.40. The molecule has 1 unspecified atom stereocenters. The lowest BCUT2D eigenvalue weighted by molar-refractivity contribution is -0.137. The van der Waals surface area contributed by atoms with Gasteiger partial charge in [-0.3, -0.25) is 0 Å². The van der Waals surface area contributed by atoms with Gasteiger partial charge in [-0.05, 0) is 36.1 Å². The summed E-state index contributed by atoms with van der Waals surface area (Å²) in [5.41, 5.74) is 4.39. The van der Waals surface area contributed by atoms with Gasteiger partial charge in [-0.1, -0.05) is 19.9 Å². The zero-order chi connectivity index (χ0) is 14.1. The van der Waals surface area contributed by atoms with Crippen LogP contribution in [0.1, 0.15) is 30.5 Å². The van der Waals surface area contributed by atoms with E-state index in [2.05, 4.69) is 0 Å². The first-order valence-electron chi connectivity index (χ1n) is 5.73. The first-order chi connectivity index (χ1) is 8.13. The summed E-state index contributed by atoms with van der Waals surface area (Å²) in [6.45, 7) is 5.08. The summed E-state index contributed by atoms with van der Waals surface area (Å²) in [6.07, 6.45) is -4.37. The van der Waals surface area contributed by atoms with Crippen molar-refractivity contribution in [2.24, 2.45) is 11.7 Å². The van der Waals surface area contributed by atoms with Crippen LogP contribution in [-0.2, 0) is 11.8 Å². The van der Waals surface area contributed by atoms with E-state index in [9.17, 15) is 18.3 Å². The van der Waals surface area contributed by atoms with E-state index in [4.69, 9.17) is 5.73 Å². The van der Waals surface area contributed by atoms with Crippen LogP contribution in [0.5, 0.6) is 0 Å². The van der Waals surface area contributed by atoms with Crippen LogP contribution in [0.3, 0.4) is 0 Å². The van der Waals surface area contributed by atoms with Crippen molar-refractivity contribution in [3.8, 4) is 0 Å². The second kappa shape index (κ2) is 4.90. The molecule has 0 fully saturated rings. The Morgan fingerprint density at radius 2 is 1.83 bits per heavy atom. The van der Waals surface area contributed by atoms with Crippen molar-refractivity contribution in [1.29, 1.82) is 0 Å². The van der Waals surface area contributed by atoms with Crippen molar-refractivity contribution in [2.75, 3.05) is 6.54 Å². The Balaban J connectivity index is 3.29. The lowest BCUT2D eigenvalue weighted by Gasteiger charge is -2.33. The zero-order valence-electron chi connectivity index (χ0n) is 10.7. The van der Waals surface area contributed by atoms with Gasteiger partial charge in [0, 0.05) is 6.54 Å². The molecule has 5 heteroatoms. The van der Waals surface area contributed by atoms with Crippen molar-refractivity contribution in [2.45, 2.75) is 32.5 Å². The third-order valence-electron chi connectivity index (χ3n) is 3.29. The SMILES string of the molecule is Cc1cc(C(F)(F)F)ccc1C(O)(CN)C(C)C. The molecule has 102 valence electrons. The highest BCUT2D eigenvalue weighted by Crippen LogP contribution is 2.35. The first kappa shape index (κ1) is 15.0. The Morgan fingerprint density at radius 1 is 1.28 bits per heavy atom. The molecule has 2 nitrogen and oxygen atoms in total. The van der Waals surface area contributed by atoms with Gasteiger partial charge in [-0.25, -0.2) is 0 Å². The zero-order valence-corrected chi connectivity index (χ0v) is 10.7. The molecule has 0 radical (unpaired) electrons. The van der Waals surface area contributed by atoms with E-state index >= 15 is 0 Å². The fraction of sp³-hybridized carbons (Fsp3) is 0.538. The van der Waals surface area contributed by atoms with Crippen molar-refractivity contribution in [3.05, 3.63) is 34.9 Å². The van der Waals surface area contributed by atoms with Crippen LogP contribution >= 0.6 is 0 Å². The van der Waals surface area contributed by atoms with Crippen LogP contribution in [0.15, 0.2) is 18.2 Å². The second-order valence-electron chi connectivity index (χ2n) is 4.81. The Morgan fingerprint density at radius 3 is 2.17 bits per heavy atom. The minimum Gasteiger partial charge on any atom is -0.384 e. The highest BCUT2D eigenvalue weighted by molar-refractivity contribution is 5.37. The summed E-state index contributed by atoms with van der Waals surface area (Å²) in [7, 11) is 0. The summed E-state index contributed by atoms with van der Waals surface area (Å²) in [6, 6.07) is 3.33. The molecule has 1 rings (SSSR count). The topological polar surface area (TPSA) is 46.2 Å². The predicted molar refractivity (Wildman–Crippen MR) is 64.0 cm³/mol. The number of halogens is 3. The van der Waals surface area contributed by atoms with E-state index in [1.807, 2.05) is 0 Å². The third-order valence-corrected chi connectivity index (χ3v) is 3.29. The molecule has 0 heterocycles. The average molecular weight is 261 g/mol. The molecule has 0 amide bonds. The van der Waals surface area contributed by atoms with Crippen molar-refractivity contribution >= 4 is 0 Å². The van der Waals surface area contributed by atoms with E-state index in [0.717, 1.165) is 12.1 Å². The number of rotatable bonds is 3. The van der Waals surface area contributed by atoms with Crippen LogP contribution in [0.25, 0.3) is 0 Å². The summed E-state index contributed by atoms with van der Waals surface area (Å²) in [5, 5.41) is 10.4. The molecule has 0 aliphatic rings. The molecular weight excluding hydrogens is 243 g/mol. The standard InChI is InChI=1S/C13H18F3NO/c1-8(2)12(18,7-17)11-5-4-10(6-9(11)3)13(14,15)16/h4-6,8,18H,7,17H2,1-3H3. The summed E-state index contributed by atoms with van der Waals surface area (Å²) in [4.78, 5) is 0. The van der Waals surface area contributed by atoms with Crippen molar-refractivity contribution in [3.63, 3.8) is 0 Å². The molecule has 0 aromatic heterocycles. The fourth-order valence-electron chi connectivity index (χ4n) is 1.98. The Bertz CT molecular complexity index is 429. The molecule has 0 bridgehead atoms. The maximum Gasteiger partial charge on any atom is 0.416 e. The smallest absolute Gasteiger partial charge is 0.384 e. The summed E-state index contributed by atoms with van der Waals surface area (Å²) >= 11 is 0. The monoisotopic (exact) mass is 261 g/mol. The second-order valence-corrected chi connectivity index (χ2v) is 4.81. The molecule has 18 heavy (non-hydrogen) atoms. The van der Waals surface area contributed by atoms with Gasteiger partial charge in [0.15, 0.2) is 0 Å². The van der Waals surface area contributed by atoms with E-state index in [0.29, 0.717) is 11.1 Å². The molecule has 0 aliphatic heterocycles. The minimum absolute atomic E-state index is 0.0309. The van der Waals surface area contributed by atoms with Crippen LogP contribution in [0.4, 0.5) is 13.2 Å². The van der Waals surface area contributed by atoms with Gasteiger partial charge in [0.1, 0.15) is 5.60 Å². The van der Waals surface area contributed by atoms with Gasteiger partial charge < -0.3 is 10.8 Å². The average Bonchev–Trinajstić information content (AvgIpc) is 2.26. The normalized spacial score (nSPS) is 15.8. The van der Waals surface area contributed by atoms with Gasteiger partial charge in [0.2, 0.25) is 0 Å². The minimum atomic E-state index is -4.37. The maximum absolute atomic E-state index is 12.5. The molecule has 0 saturated carbocycles. The van der Waals surface area contributed by atoms with E-state index in [-0.39, 0.29) is 12.5 Å². The molecular formula is C13H18F3NO. The number of aliphatic hydroxyl groups is 1. The van der Waals surface area contributed by atoms with Gasteiger partial charge in [0.05, 0.1) is 5.56 Å². The lowest BCUT2D eigenvalue weighted by atomic mass is 9.81. The molecule has 1 aromatic rings. The number of hydrogen-bond acceptors (Lipinski definition) is 2. The van der Waals surface area contributed by atoms with Gasteiger partial charge in [-0.2, -0.15) is 13.2 Å². The van der Waals surface area contributed by atoms with Gasteiger partial charge in [-0.15, -0.1) is 0 Å². The molecule has 1 atom stereocenters. The highest BCUT2D eigenvalue weighted by atomic mass is 19.4. The number of hydrogen-bond donors (Lipinski definition) is 2. The number of benzene rings is 1. The fourth-order valence-corrected chi connectivity index (χ4v) is 1.98.